The van der Waals surface area contributed by atoms with E-state index in [1.54, 1.807) is 11.3 Å². The predicted octanol–water partition coefficient (Wildman–Crippen LogP) is 1.94. The summed E-state index contributed by atoms with van der Waals surface area (Å²) in [7, 11) is 0. The molecule has 2 atom stereocenters. The molecule has 2 aliphatic rings. The van der Waals surface area contributed by atoms with Gasteiger partial charge in [0.1, 0.15) is 0 Å². The molecular formula is C14H18N2O2S. The zero-order chi connectivity index (χ0) is 13.4. The SMILES string of the molecule is C[C@@H](NC(=O)[C@H]1CC(=O)N(C2CC2)C1)c1cccs1. The summed E-state index contributed by atoms with van der Waals surface area (Å²) in [5, 5.41) is 5.02. The molecule has 1 aliphatic carbocycles. The van der Waals surface area contributed by atoms with Gasteiger partial charge in [-0.3, -0.25) is 9.59 Å². The van der Waals surface area contributed by atoms with Crippen LogP contribution in [-0.2, 0) is 9.59 Å². The molecule has 1 aliphatic heterocycles. The Morgan fingerprint density at radius 1 is 1.53 bits per heavy atom. The summed E-state index contributed by atoms with van der Waals surface area (Å²) in [6.07, 6.45) is 2.58. The summed E-state index contributed by atoms with van der Waals surface area (Å²) < 4.78 is 0. The summed E-state index contributed by atoms with van der Waals surface area (Å²) in [5.41, 5.74) is 0. The Bertz CT molecular complexity index is 482. The van der Waals surface area contributed by atoms with E-state index in [1.807, 2.05) is 29.3 Å². The van der Waals surface area contributed by atoms with Gasteiger partial charge >= 0.3 is 0 Å². The minimum absolute atomic E-state index is 0.0115. The van der Waals surface area contributed by atoms with Crippen molar-refractivity contribution in [3.63, 3.8) is 0 Å². The molecule has 4 nitrogen and oxygen atoms in total. The van der Waals surface area contributed by atoms with Gasteiger partial charge in [-0.1, -0.05) is 6.07 Å². The molecule has 19 heavy (non-hydrogen) atoms. The molecule has 2 amide bonds. The molecule has 0 aromatic carbocycles. The van der Waals surface area contributed by atoms with Crippen LogP contribution in [0.3, 0.4) is 0 Å². The maximum Gasteiger partial charge on any atom is 0.225 e. The molecule has 1 aromatic rings. The molecule has 2 fully saturated rings. The second-order valence-corrected chi connectivity index (χ2v) is 6.40. The zero-order valence-electron chi connectivity index (χ0n) is 11.0. The van der Waals surface area contributed by atoms with Gasteiger partial charge in [0.05, 0.1) is 12.0 Å². The van der Waals surface area contributed by atoms with Gasteiger partial charge in [0, 0.05) is 23.9 Å². The summed E-state index contributed by atoms with van der Waals surface area (Å²) in [6, 6.07) is 4.44. The number of thiophene rings is 1. The van der Waals surface area contributed by atoms with E-state index in [0.29, 0.717) is 19.0 Å². The van der Waals surface area contributed by atoms with Crippen molar-refractivity contribution >= 4 is 23.2 Å². The third-order valence-electron chi connectivity index (χ3n) is 3.85. The lowest BCUT2D eigenvalue weighted by atomic mass is 10.1. The molecule has 5 heteroatoms. The topological polar surface area (TPSA) is 49.4 Å². The first-order valence-corrected chi connectivity index (χ1v) is 7.66. The highest BCUT2D eigenvalue weighted by molar-refractivity contribution is 7.10. The van der Waals surface area contributed by atoms with Gasteiger partial charge in [-0.2, -0.15) is 0 Å². The number of nitrogens with zero attached hydrogens (tertiary/aromatic N) is 1. The van der Waals surface area contributed by atoms with Gasteiger partial charge in [0.2, 0.25) is 11.8 Å². The van der Waals surface area contributed by atoms with E-state index in [2.05, 4.69) is 5.32 Å². The van der Waals surface area contributed by atoms with Crippen molar-refractivity contribution in [2.24, 2.45) is 5.92 Å². The van der Waals surface area contributed by atoms with E-state index in [-0.39, 0.29) is 23.8 Å². The maximum absolute atomic E-state index is 12.2. The van der Waals surface area contributed by atoms with Crippen LogP contribution in [-0.4, -0.2) is 29.3 Å². The number of amides is 2. The summed E-state index contributed by atoms with van der Waals surface area (Å²) in [4.78, 5) is 27.1. The molecule has 0 unspecified atom stereocenters. The Morgan fingerprint density at radius 2 is 2.32 bits per heavy atom. The molecule has 0 bridgehead atoms. The monoisotopic (exact) mass is 278 g/mol. The zero-order valence-corrected chi connectivity index (χ0v) is 11.8. The van der Waals surface area contributed by atoms with Gasteiger partial charge in [-0.15, -0.1) is 11.3 Å². The van der Waals surface area contributed by atoms with Gasteiger partial charge in [-0.05, 0) is 31.2 Å². The van der Waals surface area contributed by atoms with E-state index < -0.39 is 0 Å². The van der Waals surface area contributed by atoms with Crippen LogP contribution in [0.15, 0.2) is 17.5 Å². The smallest absolute Gasteiger partial charge is 0.225 e. The molecule has 0 radical (unpaired) electrons. The van der Waals surface area contributed by atoms with Crippen molar-refractivity contribution < 1.29 is 9.59 Å². The van der Waals surface area contributed by atoms with E-state index >= 15 is 0 Å². The van der Waals surface area contributed by atoms with E-state index in [0.717, 1.165) is 17.7 Å². The Balaban J connectivity index is 1.57. The quantitative estimate of drug-likeness (QED) is 0.915. The van der Waals surface area contributed by atoms with Crippen LogP contribution in [0.2, 0.25) is 0 Å². The van der Waals surface area contributed by atoms with Gasteiger partial charge < -0.3 is 10.2 Å². The largest absolute Gasteiger partial charge is 0.348 e. The highest BCUT2D eigenvalue weighted by Gasteiger charge is 2.41. The van der Waals surface area contributed by atoms with E-state index in [1.165, 1.54) is 0 Å². The summed E-state index contributed by atoms with van der Waals surface area (Å²) in [5.74, 6) is -0.0145. The number of hydrogen-bond donors (Lipinski definition) is 1. The van der Waals surface area contributed by atoms with Crippen molar-refractivity contribution in [3.8, 4) is 0 Å². The number of carbonyl (C=O) groups is 2. The second kappa shape index (κ2) is 4.96. The van der Waals surface area contributed by atoms with Crippen molar-refractivity contribution in [2.45, 2.75) is 38.3 Å². The van der Waals surface area contributed by atoms with Crippen LogP contribution < -0.4 is 5.32 Å². The summed E-state index contributed by atoms with van der Waals surface area (Å²) in [6.45, 7) is 2.59. The maximum atomic E-state index is 12.2. The Labute approximate surface area is 116 Å². The van der Waals surface area contributed by atoms with Crippen LogP contribution >= 0.6 is 11.3 Å². The van der Waals surface area contributed by atoms with Gasteiger partial charge in [-0.25, -0.2) is 0 Å². The van der Waals surface area contributed by atoms with Crippen LogP contribution in [0.5, 0.6) is 0 Å². The number of hydrogen-bond acceptors (Lipinski definition) is 3. The lowest BCUT2D eigenvalue weighted by Crippen LogP contribution is -2.34. The number of rotatable bonds is 4. The predicted molar refractivity (Wildman–Crippen MR) is 73.7 cm³/mol. The minimum atomic E-state index is -0.171. The highest BCUT2D eigenvalue weighted by Crippen LogP contribution is 2.32. The molecular weight excluding hydrogens is 260 g/mol. The van der Waals surface area contributed by atoms with Gasteiger partial charge in [0.15, 0.2) is 0 Å². The molecule has 1 aromatic heterocycles. The number of carbonyl (C=O) groups excluding carboxylic acids is 2. The van der Waals surface area contributed by atoms with E-state index in [9.17, 15) is 9.59 Å². The molecule has 1 N–H and O–H groups in total. The number of nitrogens with one attached hydrogen (secondary N) is 1. The third kappa shape index (κ3) is 2.66. The van der Waals surface area contributed by atoms with Crippen LogP contribution in [0.1, 0.15) is 37.1 Å². The standard InChI is InChI=1S/C14H18N2O2S/c1-9(12-3-2-6-19-12)15-14(18)10-7-13(17)16(8-10)11-4-5-11/h2-3,6,9-11H,4-5,7-8H2,1H3,(H,15,18)/t9-,10+/m1/s1. The molecule has 3 rings (SSSR count). The average Bonchev–Trinajstić information content (AvgIpc) is 2.92. The average molecular weight is 278 g/mol. The summed E-state index contributed by atoms with van der Waals surface area (Å²) >= 11 is 1.64. The second-order valence-electron chi connectivity index (χ2n) is 5.42. The fourth-order valence-corrected chi connectivity index (χ4v) is 3.32. The molecule has 1 saturated heterocycles. The Kier molecular flexibility index (Phi) is 3.31. The van der Waals surface area contributed by atoms with Crippen LogP contribution in [0, 0.1) is 5.92 Å². The molecule has 0 spiro atoms. The van der Waals surface area contributed by atoms with Crippen molar-refractivity contribution in [1.82, 2.24) is 10.2 Å². The van der Waals surface area contributed by atoms with Crippen molar-refractivity contribution in [3.05, 3.63) is 22.4 Å². The first-order chi connectivity index (χ1) is 9.15. The number of likely N-dealkylation sites (tertiary alicyclic amines) is 1. The normalized spacial score (nSPS) is 24.6. The molecule has 1 saturated carbocycles. The fraction of sp³-hybridized carbons (Fsp3) is 0.571. The Morgan fingerprint density at radius 3 is 2.95 bits per heavy atom. The minimum Gasteiger partial charge on any atom is -0.348 e. The lowest BCUT2D eigenvalue weighted by Gasteiger charge is -2.17. The first-order valence-electron chi connectivity index (χ1n) is 6.78. The highest BCUT2D eigenvalue weighted by atomic mass is 32.1. The first kappa shape index (κ1) is 12.7. The van der Waals surface area contributed by atoms with E-state index in [4.69, 9.17) is 0 Å². The third-order valence-corrected chi connectivity index (χ3v) is 4.90. The fourth-order valence-electron chi connectivity index (χ4n) is 2.59. The van der Waals surface area contributed by atoms with Crippen LogP contribution in [0.4, 0.5) is 0 Å². The molecule has 102 valence electrons. The van der Waals surface area contributed by atoms with Crippen molar-refractivity contribution in [2.75, 3.05) is 6.54 Å². The lowest BCUT2D eigenvalue weighted by molar-refractivity contribution is -0.129. The molecule has 2 heterocycles. The van der Waals surface area contributed by atoms with Gasteiger partial charge in [0.25, 0.3) is 0 Å². The Hall–Kier alpha value is -1.36. The van der Waals surface area contributed by atoms with Crippen molar-refractivity contribution in [1.29, 1.82) is 0 Å². The van der Waals surface area contributed by atoms with Crippen LogP contribution in [0.25, 0.3) is 0 Å².